The van der Waals surface area contributed by atoms with Crippen LogP contribution >= 0.6 is 0 Å². The lowest BCUT2D eigenvalue weighted by molar-refractivity contribution is -0.131. The van der Waals surface area contributed by atoms with Gasteiger partial charge in [0.1, 0.15) is 11.8 Å². The fraction of sp³-hybridized carbons (Fsp3) is 0.385. The van der Waals surface area contributed by atoms with Crippen LogP contribution in [-0.2, 0) is 9.59 Å². The maximum absolute atomic E-state index is 11.7. The first kappa shape index (κ1) is 13.2. The summed E-state index contributed by atoms with van der Waals surface area (Å²) in [4.78, 5) is 23.1. The zero-order valence-electron chi connectivity index (χ0n) is 10.5. The van der Waals surface area contributed by atoms with Crippen LogP contribution in [0.4, 0.5) is 5.69 Å². The van der Waals surface area contributed by atoms with Crippen LogP contribution in [0, 0.1) is 0 Å². The molecule has 1 heterocycles. The fourth-order valence-electron chi connectivity index (χ4n) is 1.90. The van der Waals surface area contributed by atoms with Crippen molar-refractivity contribution in [2.75, 3.05) is 18.9 Å². The van der Waals surface area contributed by atoms with Crippen LogP contribution in [-0.4, -0.2) is 31.0 Å². The molecule has 0 aliphatic carbocycles. The van der Waals surface area contributed by atoms with Crippen LogP contribution in [0.3, 0.4) is 0 Å². The predicted molar refractivity (Wildman–Crippen MR) is 70.5 cm³/mol. The number of piperidine rings is 1. The fourth-order valence-corrected chi connectivity index (χ4v) is 1.90. The molecule has 1 unspecified atom stereocenters. The molecule has 0 bridgehead atoms. The average Bonchev–Trinajstić information content (AvgIpc) is 2.39. The number of hydrogen-bond acceptors (Lipinski definition) is 4. The number of carbonyl (C=O) groups excluding carboxylic acids is 2. The molecule has 0 aromatic heterocycles. The molecule has 1 aliphatic rings. The summed E-state index contributed by atoms with van der Waals surface area (Å²) in [7, 11) is 0. The number of nitrogen functional groups attached to an aromatic ring is 1. The highest BCUT2D eigenvalue weighted by Gasteiger charge is 2.23. The zero-order valence-corrected chi connectivity index (χ0v) is 10.5. The second-order valence-electron chi connectivity index (χ2n) is 4.41. The molecule has 19 heavy (non-hydrogen) atoms. The molecule has 1 atom stereocenters. The molecule has 0 saturated carbocycles. The van der Waals surface area contributed by atoms with Gasteiger partial charge in [-0.05, 0) is 25.0 Å². The van der Waals surface area contributed by atoms with Crippen molar-refractivity contribution in [2.45, 2.75) is 18.9 Å². The Bertz CT molecular complexity index is 476. The molecular formula is C13H17N3O3. The number of amides is 2. The van der Waals surface area contributed by atoms with Gasteiger partial charge in [-0.1, -0.05) is 6.07 Å². The zero-order chi connectivity index (χ0) is 13.7. The van der Waals surface area contributed by atoms with Gasteiger partial charge in [-0.15, -0.1) is 0 Å². The van der Waals surface area contributed by atoms with E-state index in [1.165, 1.54) is 0 Å². The van der Waals surface area contributed by atoms with E-state index in [-0.39, 0.29) is 18.4 Å². The lowest BCUT2D eigenvalue weighted by atomic mass is 10.1. The second kappa shape index (κ2) is 6.08. The smallest absolute Gasteiger partial charge is 0.258 e. The summed E-state index contributed by atoms with van der Waals surface area (Å²) in [6.07, 6.45) is 1.53. The first-order chi connectivity index (χ1) is 9.15. The molecule has 6 heteroatoms. The van der Waals surface area contributed by atoms with Gasteiger partial charge in [-0.25, -0.2) is 0 Å². The molecule has 1 saturated heterocycles. The van der Waals surface area contributed by atoms with Crippen molar-refractivity contribution < 1.29 is 14.3 Å². The summed E-state index contributed by atoms with van der Waals surface area (Å²) in [6.45, 7) is 0.540. The normalized spacial score (nSPS) is 18.5. The van der Waals surface area contributed by atoms with Gasteiger partial charge in [0.2, 0.25) is 5.91 Å². The Hall–Kier alpha value is -2.24. The summed E-state index contributed by atoms with van der Waals surface area (Å²) < 4.78 is 5.30. The highest BCUT2D eigenvalue weighted by molar-refractivity contribution is 5.88. The van der Waals surface area contributed by atoms with Crippen molar-refractivity contribution in [1.29, 1.82) is 0 Å². The quantitative estimate of drug-likeness (QED) is 0.669. The van der Waals surface area contributed by atoms with Crippen LogP contribution in [0.25, 0.3) is 0 Å². The highest BCUT2D eigenvalue weighted by atomic mass is 16.5. The predicted octanol–water partition coefficient (Wildman–Crippen LogP) is 0.0424. The number of anilines is 1. The van der Waals surface area contributed by atoms with Crippen molar-refractivity contribution in [3.05, 3.63) is 24.3 Å². The van der Waals surface area contributed by atoms with Gasteiger partial charge in [-0.2, -0.15) is 0 Å². The molecule has 0 radical (unpaired) electrons. The van der Waals surface area contributed by atoms with Crippen molar-refractivity contribution in [3.8, 4) is 5.75 Å². The molecule has 2 amide bonds. The van der Waals surface area contributed by atoms with Crippen LogP contribution in [0.15, 0.2) is 24.3 Å². The lowest BCUT2D eigenvalue weighted by Crippen LogP contribution is -2.51. The van der Waals surface area contributed by atoms with E-state index in [1.807, 2.05) is 0 Å². The number of nitrogens with one attached hydrogen (secondary N) is 2. The molecule has 1 aromatic carbocycles. The van der Waals surface area contributed by atoms with Crippen molar-refractivity contribution >= 4 is 17.5 Å². The van der Waals surface area contributed by atoms with E-state index in [1.54, 1.807) is 24.3 Å². The van der Waals surface area contributed by atoms with Gasteiger partial charge in [0.05, 0.1) is 0 Å². The Morgan fingerprint density at radius 3 is 3.11 bits per heavy atom. The standard InChI is InChI=1S/C13H17N3O3/c14-9-3-1-4-10(7-9)19-8-12(17)16-11-5-2-6-15-13(11)18/h1,3-4,7,11H,2,5-6,8,14H2,(H,15,18)(H,16,17). The van der Waals surface area contributed by atoms with E-state index >= 15 is 0 Å². The topological polar surface area (TPSA) is 93.4 Å². The van der Waals surface area contributed by atoms with Gasteiger partial charge in [0, 0.05) is 18.3 Å². The third-order valence-corrected chi connectivity index (χ3v) is 2.85. The van der Waals surface area contributed by atoms with Crippen LogP contribution < -0.4 is 21.1 Å². The summed E-state index contributed by atoms with van der Waals surface area (Å²) in [5, 5.41) is 5.35. The average molecular weight is 263 g/mol. The molecule has 102 valence electrons. The number of carbonyl (C=O) groups is 2. The number of nitrogens with two attached hydrogens (primary N) is 1. The number of rotatable bonds is 4. The van der Waals surface area contributed by atoms with E-state index in [0.717, 1.165) is 6.42 Å². The second-order valence-corrected chi connectivity index (χ2v) is 4.41. The summed E-state index contributed by atoms with van der Waals surface area (Å²) >= 11 is 0. The molecule has 1 aliphatic heterocycles. The Morgan fingerprint density at radius 2 is 2.37 bits per heavy atom. The summed E-state index contributed by atoms with van der Waals surface area (Å²) in [6, 6.07) is 6.39. The minimum Gasteiger partial charge on any atom is -0.484 e. The molecule has 1 fully saturated rings. The van der Waals surface area contributed by atoms with E-state index in [4.69, 9.17) is 10.5 Å². The maximum atomic E-state index is 11.7. The van der Waals surface area contributed by atoms with E-state index in [9.17, 15) is 9.59 Å². The number of ether oxygens (including phenoxy) is 1. The number of hydrogen-bond donors (Lipinski definition) is 3. The monoisotopic (exact) mass is 263 g/mol. The summed E-state index contributed by atoms with van der Waals surface area (Å²) in [5.74, 6) is 0.0799. The number of benzene rings is 1. The van der Waals surface area contributed by atoms with Crippen LogP contribution in [0.1, 0.15) is 12.8 Å². The van der Waals surface area contributed by atoms with E-state index in [0.29, 0.717) is 24.4 Å². The lowest BCUT2D eigenvalue weighted by Gasteiger charge is -2.22. The van der Waals surface area contributed by atoms with Crippen LogP contribution in [0.2, 0.25) is 0 Å². The SMILES string of the molecule is Nc1cccc(OCC(=O)NC2CCCNC2=O)c1. The van der Waals surface area contributed by atoms with Crippen molar-refractivity contribution in [2.24, 2.45) is 0 Å². The van der Waals surface area contributed by atoms with Gasteiger partial charge in [0.15, 0.2) is 6.61 Å². The van der Waals surface area contributed by atoms with Gasteiger partial charge >= 0.3 is 0 Å². The molecule has 2 rings (SSSR count). The minimum atomic E-state index is -0.453. The Balaban J connectivity index is 1.79. The third kappa shape index (κ3) is 3.87. The molecular weight excluding hydrogens is 246 g/mol. The van der Waals surface area contributed by atoms with E-state index < -0.39 is 6.04 Å². The van der Waals surface area contributed by atoms with Gasteiger partial charge < -0.3 is 21.1 Å². The highest BCUT2D eigenvalue weighted by Crippen LogP contribution is 2.14. The van der Waals surface area contributed by atoms with Crippen molar-refractivity contribution in [1.82, 2.24) is 10.6 Å². The minimum absolute atomic E-state index is 0.132. The van der Waals surface area contributed by atoms with Crippen molar-refractivity contribution in [3.63, 3.8) is 0 Å². The molecule has 1 aromatic rings. The Morgan fingerprint density at radius 1 is 1.53 bits per heavy atom. The first-order valence-corrected chi connectivity index (χ1v) is 6.20. The van der Waals surface area contributed by atoms with Gasteiger partial charge in [0.25, 0.3) is 5.91 Å². The third-order valence-electron chi connectivity index (χ3n) is 2.85. The Kier molecular flexibility index (Phi) is 4.22. The largest absolute Gasteiger partial charge is 0.484 e. The van der Waals surface area contributed by atoms with Crippen LogP contribution in [0.5, 0.6) is 5.75 Å². The maximum Gasteiger partial charge on any atom is 0.258 e. The van der Waals surface area contributed by atoms with Gasteiger partial charge in [-0.3, -0.25) is 9.59 Å². The molecule has 4 N–H and O–H groups in total. The first-order valence-electron chi connectivity index (χ1n) is 6.20. The Labute approximate surface area is 111 Å². The summed E-state index contributed by atoms with van der Waals surface area (Å²) in [5.41, 5.74) is 6.17. The molecule has 0 spiro atoms. The molecule has 6 nitrogen and oxygen atoms in total. The van der Waals surface area contributed by atoms with E-state index in [2.05, 4.69) is 10.6 Å².